The van der Waals surface area contributed by atoms with Crippen molar-refractivity contribution in [3.05, 3.63) is 84.1 Å². The third-order valence-corrected chi connectivity index (χ3v) is 6.39. The van der Waals surface area contributed by atoms with Crippen LogP contribution in [0.5, 0.6) is 5.75 Å². The van der Waals surface area contributed by atoms with Crippen molar-refractivity contribution in [1.29, 1.82) is 0 Å². The zero-order chi connectivity index (χ0) is 22.6. The number of benzene rings is 2. The van der Waals surface area contributed by atoms with Crippen LogP contribution in [0.15, 0.2) is 67.0 Å². The lowest BCUT2D eigenvalue weighted by Gasteiger charge is -2.29. The van der Waals surface area contributed by atoms with Gasteiger partial charge in [0.2, 0.25) is 0 Å². The normalized spacial score (nSPS) is 13.9. The lowest BCUT2D eigenvalue weighted by molar-refractivity contribution is 0.320. The van der Waals surface area contributed by atoms with Crippen LogP contribution in [0.1, 0.15) is 30.5 Å². The van der Waals surface area contributed by atoms with Gasteiger partial charge >= 0.3 is 0 Å². The van der Waals surface area contributed by atoms with Gasteiger partial charge in [-0.1, -0.05) is 12.1 Å². The SMILES string of the molecule is Cc1nc2ccc(N3CCCCC3)cc2c(-c2ccc(F)cc2)c1CCOc1cccnc1. The van der Waals surface area contributed by atoms with Gasteiger partial charge in [-0.2, -0.15) is 0 Å². The maximum absolute atomic E-state index is 13.7. The molecule has 0 amide bonds. The van der Waals surface area contributed by atoms with E-state index < -0.39 is 0 Å². The molecule has 1 aliphatic heterocycles. The van der Waals surface area contributed by atoms with E-state index in [1.807, 2.05) is 31.2 Å². The summed E-state index contributed by atoms with van der Waals surface area (Å²) in [5.74, 6) is 0.518. The molecule has 0 unspecified atom stereocenters. The molecule has 4 aromatic rings. The minimum absolute atomic E-state index is 0.232. The van der Waals surface area contributed by atoms with E-state index in [0.717, 1.165) is 52.1 Å². The molecule has 0 atom stereocenters. The second-order valence-corrected chi connectivity index (χ2v) is 8.59. The summed E-state index contributed by atoms with van der Waals surface area (Å²) in [6, 6.07) is 17.1. The lowest BCUT2D eigenvalue weighted by atomic mass is 9.92. The molecule has 1 saturated heterocycles. The van der Waals surface area contributed by atoms with Gasteiger partial charge in [-0.3, -0.25) is 9.97 Å². The van der Waals surface area contributed by atoms with Crippen LogP contribution in [-0.4, -0.2) is 29.7 Å². The number of piperidine rings is 1. The van der Waals surface area contributed by atoms with E-state index in [1.165, 1.54) is 37.1 Å². The number of hydrogen-bond acceptors (Lipinski definition) is 4. The number of ether oxygens (including phenoxy) is 1. The van der Waals surface area contributed by atoms with Crippen molar-refractivity contribution >= 4 is 16.6 Å². The average Bonchev–Trinajstić information content (AvgIpc) is 2.86. The van der Waals surface area contributed by atoms with E-state index >= 15 is 0 Å². The van der Waals surface area contributed by atoms with Gasteiger partial charge < -0.3 is 9.64 Å². The minimum Gasteiger partial charge on any atom is -0.492 e. The van der Waals surface area contributed by atoms with Gasteiger partial charge in [-0.25, -0.2) is 4.39 Å². The Morgan fingerprint density at radius 2 is 1.82 bits per heavy atom. The van der Waals surface area contributed by atoms with Crippen LogP contribution < -0.4 is 9.64 Å². The fourth-order valence-corrected chi connectivity index (χ4v) is 4.72. The van der Waals surface area contributed by atoms with Gasteiger partial charge in [-0.15, -0.1) is 0 Å². The molecule has 4 nitrogen and oxygen atoms in total. The first-order valence-corrected chi connectivity index (χ1v) is 11.7. The van der Waals surface area contributed by atoms with Crippen molar-refractivity contribution in [2.75, 3.05) is 24.6 Å². The number of nitrogens with zero attached hydrogens (tertiary/aromatic N) is 3. The smallest absolute Gasteiger partial charge is 0.137 e. The zero-order valence-electron chi connectivity index (χ0n) is 18.9. The first-order chi connectivity index (χ1) is 16.2. The second-order valence-electron chi connectivity index (χ2n) is 8.59. The molecule has 3 heterocycles. The highest BCUT2D eigenvalue weighted by molar-refractivity contribution is 5.98. The average molecular weight is 442 g/mol. The fraction of sp³-hybridized carbons (Fsp3) is 0.286. The summed E-state index contributed by atoms with van der Waals surface area (Å²) in [7, 11) is 0. The van der Waals surface area contributed by atoms with Crippen molar-refractivity contribution in [1.82, 2.24) is 9.97 Å². The standard InChI is InChI=1S/C28H28FN3O/c1-20-25(13-17-33-24-6-5-14-30-19-24)28(21-7-9-22(29)10-8-21)26-18-23(11-12-27(26)31-20)32-15-3-2-4-16-32/h5-12,14,18-19H,2-4,13,15-17H2,1H3. The molecule has 0 radical (unpaired) electrons. The Morgan fingerprint density at radius 3 is 2.58 bits per heavy atom. The molecule has 0 bridgehead atoms. The van der Waals surface area contributed by atoms with Crippen molar-refractivity contribution in [2.24, 2.45) is 0 Å². The van der Waals surface area contributed by atoms with E-state index in [-0.39, 0.29) is 5.82 Å². The highest BCUT2D eigenvalue weighted by atomic mass is 19.1. The predicted molar refractivity (Wildman–Crippen MR) is 131 cm³/mol. The predicted octanol–water partition coefficient (Wildman–Crippen LogP) is 6.36. The number of aromatic nitrogens is 2. The second kappa shape index (κ2) is 9.57. The number of pyridine rings is 2. The molecular weight excluding hydrogens is 413 g/mol. The molecule has 168 valence electrons. The Morgan fingerprint density at radius 1 is 1.00 bits per heavy atom. The summed E-state index contributed by atoms with van der Waals surface area (Å²) in [5, 5.41) is 1.10. The Labute approximate surface area is 194 Å². The molecule has 2 aromatic carbocycles. The van der Waals surface area contributed by atoms with E-state index in [4.69, 9.17) is 9.72 Å². The van der Waals surface area contributed by atoms with Gasteiger partial charge in [0.05, 0.1) is 18.3 Å². The summed E-state index contributed by atoms with van der Waals surface area (Å²) in [4.78, 5) is 11.5. The largest absolute Gasteiger partial charge is 0.492 e. The highest BCUT2D eigenvalue weighted by Gasteiger charge is 2.18. The molecule has 5 heteroatoms. The van der Waals surface area contributed by atoms with Crippen LogP contribution in [0.4, 0.5) is 10.1 Å². The van der Waals surface area contributed by atoms with Crippen LogP contribution in [0, 0.1) is 12.7 Å². The third kappa shape index (κ3) is 4.68. The Balaban J connectivity index is 1.58. The number of rotatable bonds is 6. The number of halogens is 1. The summed E-state index contributed by atoms with van der Waals surface area (Å²) in [5.41, 5.74) is 6.42. The van der Waals surface area contributed by atoms with Gasteiger partial charge in [-0.05, 0) is 85.3 Å². The Kier molecular flexibility index (Phi) is 6.20. The van der Waals surface area contributed by atoms with Gasteiger partial charge in [0.15, 0.2) is 0 Å². The summed E-state index contributed by atoms with van der Waals surface area (Å²) < 4.78 is 19.7. The number of fused-ring (bicyclic) bond motifs is 1. The maximum Gasteiger partial charge on any atom is 0.137 e. The van der Waals surface area contributed by atoms with E-state index in [2.05, 4.69) is 28.1 Å². The number of hydrogen-bond donors (Lipinski definition) is 0. The molecule has 5 rings (SSSR count). The Bertz CT molecular complexity index is 1240. The van der Waals surface area contributed by atoms with Gasteiger partial charge in [0, 0.05) is 42.5 Å². The number of anilines is 1. The molecule has 2 aromatic heterocycles. The molecule has 0 aliphatic carbocycles. The van der Waals surface area contributed by atoms with Crippen LogP contribution in [0.25, 0.3) is 22.0 Å². The molecule has 1 aliphatic rings. The molecule has 0 spiro atoms. The molecule has 0 saturated carbocycles. The van der Waals surface area contributed by atoms with Gasteiger partial charge in [0.1, 0.15) is 11.6 Å². The first kappa shape index (κ1) is 21.4. The van der Waals surface area contributed by atoms with Crippen LogP contribution in [0.2, 0.25) is 0 Å². The Hall–Kier alpha value is -3.47. The van der Waals surface area contributed by atoms with Crippen molar-refractivity contribution in [3.8, 4) is 16.9 Å². The zero-order valence-corrected chi connectivity index (χ0v) is 18.9. The quantitative estimate of drug-likeness (QED) is 0.349. The van der Waals surface area contributed by atoms with Crippen molar-refractivity contribution in [3.63, 3.8) is 0 Å². The molecule has 1 fully saturated rings. The topological polar surface area (TPSA) is 38.2 Å². The molecular formula is C28H28FN3O. The van der Waals surface area contributed by atoms with Crippen LogP contribution >= 0.6 is 0 Å². The van der Waals surface area contributed by atoms with Gasteiger partial charge in [0.25, 0.3) is 0 Å². The summed E-state index contributed by atoms with van der Waals surface area (Å²) >= 11 is 0. The maximum atomic E-state index is 13.7. The highest BCUT2D eigenvalue weighted by Crippen LogP contribution is 2.36. The number of aryl methyl sites for hydroxylation is 1. The third-order valence-electron chi connectivity index (χ3n) is 6.39. The monoisotopic (exact) mass is 441 g/mol. The van der Waals surface area contributed by atoms with Crippen LogP contribution in [0.3, 0.4) is 0 Å². The van der Waals surface area contributed by atoms with Crippen molar-refractivity contribution < 1.29 is 9.13 Å². The van der Waals surface area contributed by atoms with Crippen molar-refractivity contribution in [2.45, 2.75) is 32.6 Å². The molecule has 33 heavy (non-hydrogen) atoms. The molecule has 0 N–H and O–H groups in total. The summed E-state index contributed by atoms with van der Waals surface area (Å²) in [6.07, 6.45) is 7.91. The van der Waals surface area contributed by atoms with E-state index in [0.29, 0.717) is 13.0 Å². The first-order valence-electron chi connectivity index (χ1n) is 11.7. The summed E-state index contributed by atoms with van der Waals surface area (Å²) in [6.45, 7) is 4.73. The van der Waals surface area contributed by atoms with Crippen LogP contribution in [-0.2, 0) is 6.42 Å². The minimum atomic E-state index is -0.232. The van der Waals surface area contributed by atoms with E-state index in [9.17, 15) is 4.39 Å². The van der Waals surface area contributed by atoms with E-state index in [1.54, 1.807) is 12.4 Å². The lowest BCUT2D eigenvalue weighted by Crippen LogP contribution is -2.29. The fourth-order valence-electron chi connectivity index (χ4n) is 4.72.